The highest BCUT2D eigenvalue weighted by molar-refractivity contribution is 14.1. The van der Waals surface area contributed by atoms with E-state index in [9.17, 15) is 4.39 Å². The molecule has 0 radical (unpaired) electrons. The summed E-state index contributed by atoms with van der Waals surface area (Å²) < 4.78 is 14.4. The highest BCUT2D eigenvalue weighted by Crippen LogP contribution is 2.23. The molecule has 1 heterocycles. The number of nitrogens with zero attached hydrogens (tertiary/aromatic N) is 2. The van der Waals surface area contributed by atoms with Crippen molar-refractivity contribution < 1.29 is 4.39 Å². The van der Waals surface area contributed by atoms with Crippen LogP contribution >= 0.6 is 45.8 Å². The van der Waals surface area contributed by atoms with Gasteiger partial charge in [0, 0.05) is 17.0 Å². The van der Waals surface area contributed by atoms with Crippen LogP contribution in [0.25, 0.3) is 0 Å². The van der Waals surface area contributed by atoms with Gasteiger partial charge in [0.05, 0.1) is 9.26 Å². The van der Waals surface area contributed by atoms with Crippen LogP contribution in [0.4, 0.5) is 4.39 Å². The van der Waals surface area contributed by atoms with Gasteiger partial charge in [-0.1, -0.05) is 29.3 Å². The molecule has 94 valence electrons. The molecule has 0 aliphatic rings. The van der Waals surface area contributed by atoms with Crippen LogP contribution in [0.15, 0.2) is 18.2 Å². The lowest BCUT2D eigenvalue weighted by Crippen LogP contribution is -2.03. The van der Waals surface area contributed by atoms with Crippen LogP contribution in [0.1, 0.15) is 17.1 Å². The molecule has 0 fully saturated rings. The highest BCUT2D eigenvalue weighted by Gasteiger charge is 2.12. The lowest BCUT2D eigenvalue weighted by Gasteiger charge is -2.07. The first-order chi connectivity index (χ1) is 8.49. The maximum atomic E-state index is 13.6. The maximum absolute atomic E-state index is 13.6. The van der Waals surface area contributed by atoms with E-state index in [4.69, 9.17) is 23.2 Å². The highest BCUT2D eigenvalue weighted by atomic mass is 127. The van der Waals surface area contributed by atoms with Crippen molar-refractivity contribution in [1.82, 2.24) is 9.97 Å². The first-order valence-corrected chi connectivity index (χ1v) is 6.94. The van der Waals surface area contributed by atoms with E-state index in [1.54, 1.807) is 12.1 Å². The van der Waals surface area contributed by atoms with Crippen LogP contribution < -0.4 is 0 Å². The monoisotopic (exact) mass is 396 g/mol. The molecule has 0 spiro atoms. The molecule has 0 N–H and O–H groups in total. The molecule has 0 unspecified atom stereocenters. The van der Waals surface area contributed by atoms with Gasteiger partial charge in [0.2, 0.25) is 0 Å². The Balaban J connectivity index is 2.41. The number of rotatable bonds is 2. The third kappa shape index (κ3) is 2.92. The lowest BCUT2D eigenvalue weighted by molar-refractivity contribution is 0.612. The summed E-state index contributed by atoms with van der Waals surface area (Å²) in [5.41, 5.74) is 1.16. The SMILES string of the molecule is Cc1nc(Cc2c(F)cccc2Cl)nc(Cl)c1I. The van der Waals surface area contributed by atoms with Gasteiger partial charge in [-0.3, -0.25) is 0 Å². The van der Waals surface area contributed by atoms with E-state index in [2.05, 4.69) is 32.6 Å². The van der Waals surface area contributed by atoms with E-state index >= 15 is 0 Å². The molecule has 18 heavy (non-hydrogen) atoms. The van der Waals surface area contributed by atoms with Gasteiger partial charge in [0.25, 0.3) is 0 Å². The first-order valence-electron chi connectivity index (χ1n) is 5.10. The fraction of sp³-hybridized carbons (Fsp3) is 0.167. The van der Waals surface area contributed by atoms with E-state index in [1.807, 2.05) is 6.92 Å². The van der Waals surface area contributed by atoms with Crippen molar-refractivity contribution in [2.45, 2.75) is 13.3 Å². The van der Waals surface area contributed by atoms with Crippen LogP contribution in [0.5, 0.6) is 0 Å². The van der Waals surface area contributed by atoms with Gasteiger partial charge in [-0.2, -0.15) is 0 Å². The molecule has 0 saturated carbocycles. The molecule has 2 aromatic rings. The summed E-state index contributed by atoms with van der Waals surface area (Å²) in [6.07, 6.45) is 0.225. The predicted molar refractivity (Wildman–Crippen MR) is 78.7 cm³/mol. The molecule has 0 amide bonds. The molecular weight excluding hydrogens is 389 g/mol. The molecule has 0 bridgehead atoms. The molecule has 6 heteroatoms. The number of benzene rings is 1. The quantitative estimate of drug-likeness (QED) is 0.554. The Labute approximate surface area is 128 Å². The second-order valence-corrected chi connectivity index (χ2v) is 5.55. The smallest absolute Gasteiger partial charge is 0.146 e. The van der Waals surface area contributed by atoms with Gasteiger partial charge in [-0.05, 0) is 41.6 Å². The molecule has 2 nitrogen and oxygen atoms in total. The van der Waals surface area contributed by atoms with Gasteiger partial charge in [-0.15, -0.1) is 0 Å². The third-order valence-electron chi connectivity index (χ3n) is 2.42. The summed E-state index contributed by atoms with van der Waals surface area (Å²) in [7, 11) is 0. The maximum Gasteiger partial charge on any atom is 0.146 e. The zero-order chi connectivity index (χ0) is 13.3. The Morgan fingerprint density at radius 2 is 2.00 bits per heavy atom. The Hall–Kier alpha value is -0.460. The first kappa shape index (κ1) is 14.0. The number of hydrogen-bond donors (Lipinski definition) is 0. The average molecular weight is 397 g/mol. The Morgan fingerprint density at radius 1 is 1.28 bits per heavy atom. The molecule has 0 saturated heterocycles. The second kappa shape index (κ2) is 5.67. The molecule has 1 aromatic carbocycles. The van der Waals surface area contributed by atoms with Gasteiger partial charge in [0.1, 0.15) is 16.8 Å². The molecule has 0 atom stereocenters. The van der Waals surface area contributed by atoms with Crippen LogP contribution in [0.2, 0.25) is 10.2 Å². The van der Waals surface area contributed by atoms with Crippen LogP contribution in [0.3, 0.4) is 0 Å². The second-order valence-electron chi connectivity index (χ2n) is 3.71. The van der Waals surface area contributed by atoms with E-state index in [0.717, 1.165) is 9.26 Å². The average Bonchev–Trinajstić information content (AvgIpc) is 2.31. The van der Waals surface area contributed by atoms with Crippen molar-refractivity contribution in [3.05, 3.63) is 54.8 Å². The topological polar surface area (TPSA) is 25.8 Å². The fourth-order valence-electron chi connectivity index (χ4n) is 1.52. The molecular formula is C12H8Cl2FIN2. The fourth-order valence-corrected chi connectivity index (χ4v) is 2.22. The Kier molecular flexibility index (Phi) is 4.40. The molecule has 0 aliphatic heterocycles. The van der Waals surface area contributed by atoms with Crippen molar-refractivity contribution in [2.75, 3.05) is 0 Å². The van der Waals surface area contributed by atoms with E-state index in [1.165, 1.54) is 6.07 Å². The van der Waals surface area contributed by atoms with Crippen molar-refractivity contribution in [1.29, 1.82) is 0 Å². The van der Waals surface area contributed by atoms with E-state index in [-0.39, 0.29) is 12.2 Å². The minimum atomic E-state index is -0.363. The summed E-state index contributed by atoms with van der Waals surface area (Å²) in [6.45, 7) is 1.84. The molecule has 1 aromatic heterocycles. The predicted octanol–water partition coefficient (Wildman–Crippen LogP) is 4.43. The van der Waals surface area contributed by atoms with Gasteiger partial charge < -0.3 is 0 Å². The summed E-state index contributed by atoms with van der Waals surface area (Å²) in [4.78, 5) is 8.42. The lowest BCUT2D eigenvalue weighted by atomic mass is 10.1. The normalized spacial score (nSPS) is 10.7. The van der Waals surface area contributed by atoms with Crippen molar-refractivity contribution >= 4 is 45.8 Å². The summed E-state index contributed by atoms with van der Waals surface area (Å²) in [5.74, 6) is 0.100. The number of hydrogen-bond acceptors (Lipinski definition) is 2. The van der Waals surface area contributed by atoms with Gasteiger partial charge in [-0.25, -0.2) is 14.4 Å². The number of aromatic nitrogens is 2. The Bertz CT molecular complexity index is 561. The summed E-state index contributed by atoms with van der Waals surface area (Å²) in [6, 6.07) is 4.57. The zero-order valence-electron chi connectivity index (χ0n) is 9.35. The van der Waals surface area contributed by atoms with Gasteiger partial charge >= 0.3 is 0 Å². The van der Waals surface area contributed by atoms with Crippen LogP contribution in [-0.2, 0) is 6.42 Å². The number of halogens is 4. The largest absolute Gasteiger partial charge is 0.237 e. The van der Waals surface area contributed by atoms with Crippen molar-refractivity contribution in [3.8, 4) is 0 Å². The van der Waals surface area contributed by atoms with Crippen molar-refractivity contribution in [2.24, 2.45) is 0 Å². The van der Waals surface area contributed by atoms with Crippen molar-refractivity contribution in [3.63, 3.8) is 0 Å². The van der Waals surface area contributed by atoms with Gasteiger partial charge in [0.15, 0.2) is 0 Å². The third-order valence-corrected chi connectivity index (χ3v) is 4.66. The van der Waals surface area contributed by atoms with Crippen LogP contribution in [0, 0.1) is 16.3 Å². The van der Waals surface area contributed by atoms with E-state index < -0.39 is 0 Å². The zero-order valence-corrected chi connectivity index (χ0v) is 13.0. The summed E-state index contributed by atoms with van der Waals surface area (Å²) in [5, 5.41) is 0.747. The minimum absolute atomic E-state index is 0.225. The standard InChI is InChI=1S/C12H8Cl2FIN2/c1-6-11(16)12(14)18-10(17-6)5-7-8(13)3-2-4-9(7)15/h2-4H,5H2,1H3. The van der Waals surface area contributed by atoms with E-state index in [0.29, 0.717) is 21.6 Å². The molecule has 0 aliphatic carbocycles. The number of aryl methyl sites for hydroxylation is 1. The summed E-state index contributed by atoms with van der Waals surface area (Å²) >= 11 is 14.0. The minimum Gasteiger partial charge on any atom is -0.237 e. The van der Waals surface area contributed by atoms with Crippen LogP contribution in [-0.4, -0.2) is 9.97 Å². The molecule has 2 rings (SSSR count). The Morgan fingerprint density at radius 3 is 2.61 bits per heavy atom.